The van der Waals surface area contributed by atoms with Crippen LogP contribution in [0.4, 0.5) is 0 Å². The largest absolute Gasteiger partial charge is 0.344 e. The number of thioether (sulfide) groups is 1. The summed E-state index contributed by atoms with van der Waals surface area (Å²) in [5.41, 5.74) is 3.71. The zero-order chi connectivity index (χ0) is 21.1. The third-order valence-corrected chi connectivity index (χ3v) is 6.36. The van der Waals surface area contributed by atoms with Crippen LogP contribution in [0.15, 0.2) is 91.0 Å². The molecule has 0 aliphatic rings. The first-order valence-corrected chi connectivity index (χ1v) is 11.0. The number of carbonyl (C=O) groups excluding carboxylic acids is 1. The Hall–Kier alpha value is -3.00. The third-order valence-electron chi connectivity index (χ3n) is 4.81. The topological polar surface area (TPSA) is 41.1 Å². The third kappa shape index (κ3) is 5.33. The van der Waals surface area contributed by atoms with Gasteiger partial charge in [0.05, 0.1) is 17.8 Å². The first kappa shape index (κ1) is 21.7. The van der Waals surface area contributed by atoms with Crippen molar-refractivity contribution in [3.05, 3.63) is 108 Å². The molecule has 0 atom stereocenters. The molecule has 152 valence electrons. The average Bonchev–Trinajstić information content (AvgIpc) is 2.82. The number of hydrogen-bond donors (Lipinski definition) is 2. The summed E-state index contributed by atoms with van der Waals surface area (Å²) in [5, 5.41) is 5.89. The number of carbonyl (C=O) groups is 1. The van der Waals surface area contributed by atoms with Crippen LogP contribution in [0.25, 0.3) is 0 Å². The summed E-state index contributed by atoms with van der Waals surface area (Å²) in [4.78, 5) is 11.8. The highest BCUT2D eigenvalue weighted by Crippen LogP contribution is 2.48. The summed E-state index contributed by atoms with van der Waals surface area (Å²) >= 11 is 1.87. The van der Waals surface area contributed by atoms with E-state index in [0.717, 1.165) is 5.75 Å². The molecule has 0 radical (unpaired) electrons. The molecule has 1 amide bonds. The lowest BCUT2D eigenvalue weighted by atomic mass is 9.84. The molecule has 0 aliphatic heterocycles. The lowest BCUT2D eigenvalue weighted by molar-refractivity contribution is -0.119. The highest BCUT2D eigenvalue weighted by atomic mass is 32.2. The molecule has 0 aliphatic carbocycles. The standard InChI is InChI=1S/C26H26N2OS/c1-2-18-28-25(29)21-27-19-20-30-26(22-12-6-3-7-13-22,23-14-8-4-9-15-23)24-16-10-5-11-17-24/h1,3-17,27H,18-21H2,(H,28,29). The quantitative estimate of drug-likeness (QED) is 0.299. The Morgan fingerprint density at radius 3 is 1.73 bits per heavy atom. The van der Waals surface area contributed by atoms with Gasteiger partial charge >= 0.3 is 0 Å². The highest BCUT2D eigenvalue weighted by Gasteiger charge is 2.36. The minimum atomic E-state index is -0.336. The fourth-order valence-electron chi connectivity index (χ4n) is 3.46. The number of rotatable bonds is 10. The van der Waals surface area contributed by atoms with Gasteiger partial charge in [0.2, 0.25) is 5.91 Å². The van der Waals surface area contributed by atoms with Gasteiger partial charge in [-0.15, -0.1) is 18.2 Å². The fourth-order valence-corrected chi connectivity index (χ4v) is 4.92. The molecule has 0 saturated carbocycles. The van der Waals surface area contributed by atoms with Crippen LogP contribution >= 0.6 is 11.8 Å². The number of benzene rings is 3. The Morgan fingerprint density at radius 2 is 1.30 bits per heavy atom. The Morgan fingerprint density at radius 1 is 0.833 bits per heavy atom. The normalized spacial score (nSPS) is 10.9. The minimum Gasteiger partial charge on any atom is -0.344 e. The molecule has 0 heterocycles. The van der Waals surface area contributed by atoms with Gasteiger partial charge in [-0.2, -0.15) is 0 Å². The van der Waals surface area contributed by atoms with Gasteiger partial charge < -0.3 is 10.6 Å². The van der Waals surface area contributed by atoms with E-state index in [1.165, 1.54) is 16.7 Å². The summed E-state index contributed by atoms with van der Waals surface area (Å²) in [7, 11) is 0. The maximum atomic E-state index is 11.8. The van der Waals surface area contributed by atoms with Crippen LogP contribution in [0, 0.1) is 12.3 Å². The van der Waals surface area contributed by atoms with Crippen molar-refractivity contribution in [2.75, 3.05) is 25.4 Å². The monoisotopic (exact) mass is 414 g/mol. The van der Waals surface area contributed by atoms with Gasteiger partial charge in [-0.1, -0.05) is 96.9 Å². The summed E-state index contributed by atoms with van der Waals surface area (Å²) < 4.78 is -0.336. The van der Waals surface area contributed by atoms with Gasteiger partial charge in [0.15, 0.2) is 0 Å². The van der Waals surface area contributed by atoms with Crippen molar-refractivity contribution in [2.24, 2.45) is 0 Å². The Bertz CT molecular complexity index is 856. The van der Waals surface area contributed by atoms with Crippen molar-refractivity contribution in [3.8, 4) is 12.3 Å². The van der Waals surface area contributed by atoms with Gasteiger partial charge in [-0.25, -0.2) is 0 Å². The van der Waals surface area contributed by atoms with Crippen molar-refractivity contribution in [3.63, 3.8) is 0 Å². The Labute approximate surface area is 183 Å². The van der Waals surface area contributed by atoms with Crippen LogP contribution in [-0.4, -0.2) is 31.3 Å². The molecule has 3 aromatic rings. The molecule has 0 unspecified atom stereocenters. The fraction of sp³-hybridized carbons (Fsp3) is 0.192. The molecule has 0 aromatic heterocycles. The predicted molar refractivity (Wildman–Crippen MR) is 126 cm³/mol. The van der Waals surface area contributed by atoms with Crippen LogP contribution in [-0.2, 0) is 9.54 Å². The first-order chi connectivity index (χ1) is 14.8. The van der Waals surface area contributed by atoms with Gasteiger partial charge in [0, 0.05) is 12.3 Å². The highest BCUT2D eigenvalue weighted by molar-refractivity contribution is 8.00. The summed E-state index contributed by atoms with van der Waals surface area (Å²) in [6, 6.07) is 31.8. The van der Waals surface area contributed by atoms with Gasteiger partial charge in [-0.3, -0.25) is 4.79 Å². The lowest BCUT2D eigenvalue weighted by Gasteiger charge is -2.35. The molecule has 3 rings (SSSR count). The van der Waals surface area contributed by atoms with E-state index < -0.39 is 0 Å². The minimum absolute atomic E-state index is 0.0848. The number of hydrogen-bond acceptors (Lipinski definition) is 3. The second-order valence-corrected chi connectivity index (χ2v) is 8.09. The predicted octanol–water partition coefficient (Wildman–Crippen LogP) is 4.05. The maximum Gasteiger partial charge on any atom is 0.234 e. The van der Waals surface area contributed by atoms with Crippen LogP contribution in [0.3, 0.4) is 0 Å². The Balaban J connectivity index is 1.85. The van der Waals surface area contributed by atoms with E-state index in [4.69, 9.17) is 6.42 Å². The SMILES string of the molecule is C#CCNC(=O)CNCCSC(c1ccccc1)(c1ccccc1)c1ccccc1. The van der Waals surface area contributed by atoms with Crippen molar-refractivity contribution in [2.45, 2.75) is 4.75 Å². The van der Waals surface area contributed by atoms with E-state index in [-0.39, 0.29) is 23.7 Å². The molecule has 0 bridgehead atoms. The zero-order valence-electron chi connectivity index (χ0n) is 16.9. The van der Waals surface area contributed by atoms with E-state index in [2.05, 4.69) is 89.4 Å². The van der Waals surface area contributed by atoms with Crippen LogP contribution in [0.5, 0.6) is 0 Å². The molecule has 2 N–H and O–H groups in total. The van der Waals surface area contributed by atoms with Crippen molar-refractivity contribution < 1.29 is 4.79 Å². The molecule has 3 aromatic carbocycles. The summed E-state index contributed by atoms with van der Waals surface area (Å²) in [5.74, 6) is 3.16. The first-order valence-electron chi connectivity index (χ1n) is 9.99. The van der Waals surface area contributed by atoms with E-state index in [0.29, 0.717) is 6.54 Å². The van der Waals surface area contributed by atoms with E-state index >= 15 is 0 Å². The Kier molecular flexibility index (Phi) is 8.14. The van der Waals surface area contributed by atoms with Crippen molar-refractivity contribution in [1.29, 1.82) is 0 Å². The van der Waals surface area contributed by atoms with Crippen LogP contribution in [0.2, 0.25) is 0 Å². The number of terminal acetylenes is 1. The van der Waals surface area contributed by atoms with Crippen molar-refractivity contribution >= 4 is 17.7 Å². The molecule has 0 fully saturated rings. The lowest BCUT2D eigenvalue weighted by Crippen LogP contribution is -2.35. The van der Waals surface area contributed by atoms with Gasteiger partial charge in [0.25, 0.3) is 0 Å². The van der Waals surface area contributed by atoms with Gasteiger partial charge in [-0.05, 0) is 16.7 Å². The maximum absolute atomic E-state index is 11.8. The summed E-state index contributed by atoms with van der Waals surface area (Å²) in [6.07, 6.45) is 5.18. The number of amides is 1. The van der Waals surface area contributed by atoms with Crippen molar-refractivity contribution in [1.82, 2.24) is 10.6 Å². The van der Waals surface area contributed by atoms with Crippen LogP contribution in [0.1, 0.15) is 16.7 Å². The smallest absolute Gasteiger partial charge is 0.234 e. The zero-order valence-corrected chi connectivity index (χ0v) is 17.7. The van der Waals surface area contributed by atoms with E-state index in [9.17, 15) is 4.79 Å². The molecule has 0 saturated heterocycles. The molecule has 4 heteroatoms. The molecular formula is C26H26N2OS. The van der Waals surface area contributed by atoms with Gasteiger partial charge in [0.1, 0.15) is 0 Å². The average molecular weight is 415 g/mol. The van der Waals surface area contributed by atoms with Crippen LogP contribution < -0.4 is 10.6 Å². The molecular weight excluding hydrogens is 388 g/mol. The van der Waals surface area contributed by atoms with E-state index in [1.807, 2.05) is 30.0 Å². The number of nitrogens with one attached hydrogen (secondary N) is 2. The second kappa shape index (κ2) is 11.3. The molecule has 0 spiro atoms. The van der Waals surface area contributed by atoms with E-state index in [1.54, 1.807) is 0 Å². The summed E-state index contributed by atoms with van der Waals surface area (Å²) in [6.45, 7) is 1.23. The molecule has 30 heavy (non-hydrogen) atoms. The second-order valence-electron chi connectivity index (χ2n) is 6.79. The molecule has 3 nitrogen and oxygen atoms in total.